The molecule has 5 heteroatoms. The molecule has 1 amide bonds. The Balaban J connectivity index is 2.03. The van der Waals surface area contributed by atoms with Crippen molar-refractivity contribution in [2.75, 3.05) is 5.32 Å². The van der Waals surface area contributed by atoms with Crippen LogP contribution in [0.15, 0.2) is 30.3 Å². The Morgan fingerprint density at radius 2 is 1.76 bits per heavy atom. The van der Waals surface area contributed by atoms with Crippen LogP contribution in [-0.4, -0.2) is 20.5 Å². The molecule has 0 unspecified atom stereocenters. The van der Waals surface area contributed by atoms with Crippen molar-refractivity contribution in [2.24, 2.45) is 0 Å². The standard InChI is InChI=1S/C20H24N4O/c1-12-7-8-15(9-13(12)2)22-19(25)16-10-14(3)21-18-11-17(20(4,5)6)23-24(16)18/h7-11H,1-6H3,(H,22,25). The minimum atomic E-state index is -0.192. The van der Waals surface area contributed by atoms with Crippen molar-refractivity contribution in [3.63, 3.8) is 0 Å². The number of aromatic nitrogens is 3. The first-order valence-electron chi connectivity index (χ1n) is 8.41. The number of hydrogen-bond donors (Lipinski definition) is 1. The van der Waals surface area contributed by atoms with E-state index in [0.29, 0.717) is 11.3 Å². The number of aryl methyl sites for hydroxylation is 3. The largest absolute Gasteiger partial charge is 0.321 e. The summed E-state index contributed by atoms with van der Waals surface area (Å²) in [6.45, 7) is 12.2. The summed E-state index contributed by atoms with van der Waals surface area (Å²) in [5, 5.41) is 7.58. The lowest BCUT2D eigenvalue weighted by molar-refractivity contribution is 0.101. The summed E-state index contributed by atoms with van der Waals surface area (Å²) in [6.07, 6.45) is 0. The molecule has 2 heterocycles. The maximum Gasteiger partial charge on any atom is 0.274 e. The molecular formula is C20H24N4O. The number of nitrogens with one attached hydrogen (secondary N) is 1. The van der Waals surface area contributed by atoms with E-state index in [0.717, 1.165) is 22.6 Å². The van der Waals surface area contributed by atoms with Crippen LogP contribution in [0.4, 0.5) is 5.69 Å². The van der Waals surface area contributed by atoms with Gasteiger partial charge in [0, 0.05) is 22.9 Å². The van der Waals surface area contributed by atoms with Crippen molar-refractivity contribution < 1.29 is 4.79 Å². The number of benzene rings is 1. The van der Waals surface area contributed by atoms with E-state index in [2.05, 4.69) is 43.1 Å². The zero-order valence-electron chi connectivity index (χ0n) is 15.6. The summed E-state index contributed by atoms with van der Waals surface area (Å²) in [5.74, 6) is -0.192. The van der Waals surface area contributed by atoms with Crippen molar-refractivity contribution >= 4 is 17.2 Å². The van der Waals surface area contributed by atoms with Gasteiger partial charge in [0.25, 0.3) is 5.91 Å². The zero-order chi connectivity index (χ0) is 18.4. The fraction of sp³-hybridized carbons (Fsp3) is 0.350. The molecule has 1 N–H and O–H groups in total. The lowest BCUT2D eigenvalue weighted by atomic mass is 9.93. The van der Waals surface area contributed by atoms with E-state index < -0.39 is 0 Å². The van der Waals surface area contributed by atoms with E-state index in [1.807, 2.05) is 38.1 Å². The second-order valence-electron chi connectivity index (χ2n) is 7.59. The minimum absolute atomic E-state index is 0.108. The van der Waals surface area contributed by atoms with Gasteiger partial charge in [-0.2, -0.15) is 5.10 Å². The molecule has 0 aliphatic carbocycles. The number of hydrogen-bond acceptors (Lipinski definition) is 3. The number of carbonyl (C=O) groups is 1. The molecule has 2 aromatic heterocycles. The fourth-order valence-corrected chi connectivity index (χ4v) is 2.64. The Kier molecular flexibility index (Phi) is 4.11. The second-order valence-corrected chi connectivity index (χ2v) is 7.59. The molecule has 0 fully saturated rings. The van der Waals surface area contributed by atoms with Crippen LogP contribution in [0.1, 0.15) is 53.8 Å². The van der Waals surface area contributed by atoms with Crippen LogP contribution in [0.3, 0.4) is 0 Å². The predicted octanol–water partition coefficient (Wildman–Crippen LogP) is 4.20. The molecule has 3 rings (SSSR count). The number of carbonyl (C=O) groups excluding carboxylic acids is 1. The van der Waals surface area contributed by atoms with Gasteiger partial charge in [-0.05, 0) is 50.1 Å². The molecule has 5 nitrogen and oxygen atoms in total. The maximum absolute atomic E-state index is 12.8. The van der Waals surface area contributed by atoms with Gasteiger partial charge in [0.1, 0.15) is 5.69 Å². The molecule has 1 aromatic carbocycles. The van der Waals surface area contributed by atoms with Gasteiger partial charge in [0.15, 0.2) is 5.65 Å². The molecule has 3 aromatic rings. The quantitative estimate of drug-likeness (QED) is 0.763. The molecule has 0 saturated carbocycles. The lowest BCUT2D eigenvalue weighted by Crippen LogP contribution is -2.18. The van der Waals surface area contributed by atoms with E-state index in [-0.39, 0.29) is 11.3 Å². The van der Waals surface area contributed by atoms with Gasteiger partial charge in [0.2, 0.25) is 0 Å². The third-order valence-corrected chi connectivity index (χ3v) is 4.32. The van der Waals surface area contributed by atoms with E-state index >= 15 is 0 Å². The molecule has 130 valence electrons. The SMILES string of the molecule is Cc1cc(C(=O)Nc2ccc(C)c(C)c2)n2nc(C(C)(C)C)cc2n1. The van der Waals surface area contributed by atoms with Crippen molar-refractivity contribution in [1.29, 1.82) is 0 Å². The summed E-state index contributed by atoms with van der Waals surface area (Å²) in [4.78, 5) is 17.3. The van der Waals surface area contributed by atoms with Crippen LogP contribution in [0.2, 0.25) is 0 Å². The highest BCUT2D eigenvalue weighted by atomic mass is 16.2. The number of nitrogens with zero attached hydrogens (tertiary/aromatic N) is 3. The topological polar surface area (TPSA) is 59.3 Å². The maximum atomic E-state index is 12.8. The van der Waals surface area contributed by atoms with Crippen LogP contribution in [-0.2, 0) is 5.41 Å². The third-order valence-electron chi connectivity index (χ3n) is 4.32. The van der Waals surface area contributed by atoms with Gasteiger partial charge in [-0.1, -0.05) is 26.8 Å². The average Bonchev–Trinajstić information content (AvgIpc) is 2.94. The number of fused-ring (bicyclic) bond motifs is 1. The average molecular weight is 336 g/mol. The summed E-state index contributed by atoms with van der Waals surface area (Å²) >= 11 is 0. The summed E-state index contributed by atoms with van der Waals surface area (Å²) in [5.41, 5.74) is 5.88. The smallest absolute Gasteiger partial charge is 0.274 e. The van der Waals surface area contributed by atoms with Crippen molar-refractivity contribution in [2.45, 2.75) is 47.0 Å². The highest BCUT2D eigenvalue weighted by Crippen LogP contribution is 2.23. The molecule has 0 aliphatic rings. The highest BCUT2D eigenvalue weighted by Gasteiger charge is 2.21. The van der Waals surface area contributed by atoms with Crippen molar-refractivity contribution in [1.82, 2.24) is 14.6 Å². The van der Waals surface area contributed by atoms with Crippen molar-refractivity contribution in [3.05, 3.63) is 58.5 Å². The van der Waals surface area contributed by atoms with Gasteiger partial charge in [-0.25, -0.2) is 9.50 Å². The Labute approximate surface area is 148 Å². The minimum Gasteiger partial charge on any atom is -0.321 e. The Hall–Kier alpha value is -2.69. The Morgan fingerprint density at radius 3 is 2.40 bits per heavy atom. The monoisotopic (exact) mass is 336 g/mol. The fourth-order valence-electron chi connectivity index (χ4n) is 2.64. The number of anilines is 1. The normalized spacial score (nSPS) is 11.8. The van der Waals surface area contributed by atoms with E-state index in [9.17, 15) is 4.79 Å². The molecule has 0 spiro atoms. The van der Waals surface area contributed by atoms with Gasteiger partial charge < -0.3 is 5.32 Å². The van der Waals surface area contributed by atoms with Gasteiger partial charge in [-0.15, -0.1) is 0 Å². The number of rotatable bonds is 2. The molecule has 0 bridgehead atoms. The van der Waals surface area contributed by atoms with E-state index in [1.165, 1.54) is 5.56 Å². The summed E-state index contributed by atoms with van der Waals surface area (Å²) < 4.78 is 1.63. The van der Waals surface area contributed by atoms with Crippen molar-refractivity contribution in [3.8, 4) is 0 Å². The molecule has 0 aliphatic heterocycles. The highest BCUT2D eigenvalue weighted by molar-refractivity contribution is 6.03. The zero-order valence-corrected chi connectivity index (χ0v) is 15.6. The Bertz CT molecular complexity index is 964. The van der Waals surface area contributed by atoms with Gasteiger partial charge in [-0.3, -0.25) is 4.79 Å². The first kappa shape index (κ1) is 17.1. The van der Waals surface area contributed by atoms with Crippen LogP contribution < -0.4 is 5.32 Å². The summed E-state index contributed by atoms with van der Waals surface area (Å²) in [7, 11) is 0. The predicted molar refractivity (Wildman–Crippen MR) is 100 cm³/mol. The molecular weight excluding hydrogens is 312 g/mol. The Morgan fingerprint density at radius 1 is 1.04 bits per heavy atom. The van der Waals surface area contributed by atoms with Crippen LogP contribution in [0, 0.1) is 20.8 Å². The molecule has 0 atom stereocenters. The third kappa shape index (κ3) is 3.40. The van der Waals surface area contributed by atoms with Crippen LogP contribution >= 0.6 is 0 Å². The van der Waals surface area contributed by atoms with Gasteiger partial charge >= 0.3 is 0 Å². The molecule has 0 saturated heterocycles. The van der Waals surface area contributed by atoms with E-state index in [1.54, 1.807) is 10.6 Å². The summed E-state index contributed by atoms with van der Waals surface area (Å²) in [6, 6.07) is 9.60. The van der Waals surface area contributed by atoms with E-state index in [4.69, 9.17) is 0 Å². The molecule has 0 radical (unpaired) electrons. The van der Waals surface area contributed by atoms with Gasteiger partial charge in [0.05, 0.1) is 5.69 Å². The molecule has 25 heavy (non-hydrogen) atoms. The lowest BCUT2D eigenvalue weighted by Gasteiger charge is -2.13. The number of amides is 1. The first-order valence-corrected chi connectivity index (χ1v) is 8.41. The van der Waals surface area contributed by atoms with Crippen LogP contribution in [0.25, 0.3) is 5.65 Å². The second kappa shape index (κ2) is 5.99. The first-order chi connectivity index (χ1) is 11.6. The van der Waals surface area contributed by atoms with Crippen LogP contribution in [0.5, 0.6) is 0 Å².